The van der Waals surface area contributed by atoms with Crippen molar-refractivity contribution in [1.29, 1.82) is 0 Å². The predicted molar refractivity (Wildman–Crippen MR) is 130 cm³/mol. The van der Waals surface area contributed by atoms with Crippen LogP contribution in [0.2, 0.25) is 0 Å². The van der Waals surface area contributed by atoms with Crippen LogP contribution in [0.1, 0.15) is 51.5 Å². The van der Waals surface area contributed by atoms with Gasteiger partial charge in [0.2, 0.25) is 11.9 Å². The molecule has 1 saturated heterocycles. The Morgan fingerprint density at radius 3 is 2.44 bits per heavy atom. The summed E-state index contributed by atoms with van der Waals surface area (Å²) in [6, 6.07) is 1.50. The Bertz CT molecular complexity index is 1170. The number of hydrogen-bond donors (Lipinski definition) is 2. The Hall–Kier alpha value is -2.92. The highest BCUT2D eigenvalue weighted by atomic mass is 19.1. The summed E-state index contributed by atoms with van der Waals surface area (Å²) < 4.78 is 55.2. The fraction of sp³-hybridized carbons (Fsp3) is 0.560. The van der Waals surface area contributed by atoms with E-state index in [9.17, 15) is 13.2 Å². The van der Waals surface area contributed by atoms with E-state index in [-0.39, 0.29) is 18.0 Å². The topological polar surface area (TPSA) is 86.1 Å². The lowest BCUT2D eigenvalue weighted by molar-refractivity contribution is 0.0710. The lowest BCUT2D eigenvalue weighted by Gasteiger charge is -2.29. The Morgan fingerprint density at radius 2 is 1.75 bits per heavy atom. The Kier molecular flexibility index (Phi) is 7.56. The molecule has 2 aromatic heterocycles. The average Bonchev–Trinajstić information content (AvgIpc) is 3.23. The first-order valence-electron chi connectivity index (χ1n) is 12.6. The third kappa shape index (κ3) is 5.41. The first-order valence-corrected chi connectivity index (χ1v) is 12.6. The molecule has 3 heterocycles. The summed E-state index contributed by atoms with van der Waals surface area (Å²) in [5.41, 5.74) is 0.600. The van der Waals surface area contributed by atoms with Gasteiger partial charge in [-0.15, -0.1) is 0 Å². The first-order chi connectivity index (χ1) is 17.5. The van der Waals surface area contributed by atoms with Crippen molar-refractivity contribution >= 4 is 28.7 Å². The van der Waals surface area contributed by atoms with E-state index in [4.69, 9.17) is 14.5 Å². The summed E-state index contributed by atoms with van der Waals surface area (Å²) in [7, 11) is 0. The molecular weight excluding hydrogens is 473 g/mol. The van der Waals surface area contributed by atoms with Gasteiger partial charge in [0.05, 0.1) is 6.20 Å². The van der Waals surface area contributed by atoms with Crippen LogP contribution < -0.4 is 10.6 Å². The first kappa shape index (κ1) is 24.8. The van der Waals surface area contributed by atoms with Crippen LogP contribution in [0.3, 0.4) is 0 Å². The highest BCUT2D eigenvalue weighted by Gasteiger charge is 2.26. The smallest absolute Gasteiger partial charge is 0.224 e. The molecule has 5 rings (SSSR count). The Labute approximate surface area is 207 Å². The van der Waals surface area contributed by atoms with E-state index in [1.165, 1.54) is 0 Å². The monoisotopic (exact) mass is 504 g/mol. The third-order valence-electron chi connectivity index (χ3n) is 6.97. The molecule has 8 nitrogen and oxygen atoms in total. The number of fused-ring (bicyclic) bond motifs is 1. The molecule has 1 saturated carbocycles. The zero-order chi connectivity index (χ0) is 25.1. The third-order valence-corrected chi connectivity index (χ3v) is 6.97. The van der Waals surface area contributed by atoms with Crippen LogP contribution in [0.5, 0.6) is 0 Å². The molecule has 194 valence electrons. The molecule has 0 amide bonds. The number of hydrogen-bond acceptors (Lipinski definition) is 7. The van der Waals surface area contributed by atoms with Gasteiger partial charge in [0, 0.05) is 50.6 Å². The molecule has 0 bridgehead atoms. The van der Waals surface area contributed by atoms with E-state index >= 15 is 0 Å². The second-order valence-electron chi connectivity index (χ2n) is 9.44. The zero-order valence-corrected chi connectivity index (χ0v) is 20.3. The van der Waals surface area contributed by atoms with Gasteiger partial charge in [0.15, 0.2) is 17.3 Å². The van der Waals surface area contributed by atoms with Crippen LogP contribution in [0.25, 0.3) is 11.2 Å². The van der Waals surface area contributed by atoms with E-state index in [1.54, 1.807) is 6.20 Å². The van der Waals surface area contributed by atoms with Crippen molar-refractivity contribution in [2.75, 3.05) is 37.1 Å². The van der Waals surface area contributed by atoms with Gasteiger partial charge < -0.3 is 20.1 Å². The number of anilines is 3. The van der Waals surface area contributed by atoms with Crippen LogP contribution in [-0.2, 0) is 9.47 Å². The van der Waals surface area contributed by atoms with Gasteiger partial charge in [-0.05, 0) is 51.4 Å². The SMILES string of the molecule is CCOCC1CCC(Nc2ncc3nc(Nc4c(F)cc(F)cc4F)n(C4CCOCC4)c3n2)CC1. The summed E-state index contributed by atoms with van der Waals surface area (Å²) >= 11 is 0. The van der Waals surface area contributed by atoms with Crippen LogP contribution in [0.15, 0.2) is 18.3 Å². The second kappa shape index (κ2) is 11.0. The highest BCUT2D eigenvalue weighted by molar-refractivity contribution is 5.76. The van der Waals surface area contributed by atoms with Crippen LogP contribution in [0, 0.1) is 23.4 Å². The maximum Gasteiger partial charge on any atom is 0.224 e. The molecule has 11 heteroatoms. The van der Waals surface area contributed by atoms with E-state index < -0.39 is 23.1 Å². The number of nitrogens with zero attached hydrogens (tertiary/aromatic N) is 4. The zero-order valence-electron chi connectivity index (χ0n) is 20.3. The van der Waals surface area contributed by atoms with Gasteiger partial charge in [-0.1, -0.05) is 0 Å². The van der Waals surface area contributed by atoms with Crippen LogP contribution in [0.4, 0.5) is 30.8 Å². The van der Waals surface area contributed by atoms with E-state index in [0.29, 0.717) is 61.2 Å². The average molecular weight is 505 g/mol. The van der Waals surface area contributed by atoms with E-state index in [0.717, 1.165) is 38.9 Å². The van der Waals surface area contributed by atoms with Crippen LogP contribution >= 0.6 is 0 Å². The van der Waals surface area contributed by atoms with Crippen LogP contribution in [-0.4, -0.2) is 52.0 Å². The number of nitrogens with one attached hydrogen (secondary N) is 2. The van der Waals surface area contributed by atoms with Crippen molar-refractivity contribution in [2.24, 2.45) is 5.92 Å². The van der Waals surface area contributed by atoms with Gasteiger partial charge in [-0.25, -0.2) is 23.1 Å². The van der Waals surface area contributed by atoms with Crippen molar-refractivity contribution in [3.63, 3.8) is 0 Å². The quantitative estimate of drug-likeness (QED) is 0.428. The maximum atomic E-state index is 14.4. The molecule has 0 atom stereocenters. The van der Waals surface area contributed by atoms with Crippen molar-refractivity contribution < 1.29 is 22.6 Å². The number of ether oxygens (including phenoxy) is 2. The minimum atomic E-state index is -1.04. The number of aromatic nitrogens is 4. The maximum absolute atomic E-state index is 14.4. The normalized spacial score (nSPS) is 21.1. The number of imidazole rings is 1. The van der Waals surface area contributed by atoms with Crippen molar-refractivity contribution in [1.82, 2.24) is 19.5 Å². The summed E-state index contributed by atoms with van der Waals surface area (Å²) in [5.74, 6) is -1.75. The van der Waals surface area contributed by atoms with Gasteiger partial charge in [0.1, 0.15) is 17.0 Å². The molecule has 0 unspecified atom stereocenters. The molecule has 1 aromatic carbocycles. The van der Waals surface area contributed by atoms with E-state index in [2.05, 4.69) is 20.6 Å². The lowest BCUT2D eigenvalue weighted by atomic mass is 9.86. The molecule has 36 heavy (non-hydrogen) atoms. The molecule has 0 spiro atoms. The van der Waals surface area contributed by atoms with Crippen molar-refractivity contribution in [2.45, 2.75) is 57.5 Å². The number of halogens is 3. The number of benzene rings is 1. The Balaban J connectivity index is 1.42. The van der Waals surface area contributed by atoms with Crippen molar-refractivity contribution in [3.8, 4) is 0 Å². The predicted octanol–water partition coefficient (Wildman–Crippen LogP) is 5.35. The minimum absolute atomic E-state index is 0.0328. The lowest BCUT2D eigenvalue weighted by Crippen LogP contribution is -2.28. The molecular formula is C25H31F3N6O2. The van der Waals surface area contributed by atoms with Gasteiger partial charge >= 0.3 is 0 Å². The Morgan fingerprint density at radius 1 is 1.03 bits per heavy atom. The summed E-state index contributed by atoms with van der Waals surface area (Å²) in [6.07, 6.45) is 7.20. The standard InChI is InChI=1S/C25H31F3N6O2/c1-2-35-14-15-3-5-17(6-4-15)30-24-29-13-21-23(33-24)34(18-7-9-36-10-8-18)25(31-21)32-22-19(27)11-16(26)12-20(22)28/h11-13,15,17-18H,2-10,14H2,1H3,(H,31,32)(H,29,30,33). The van der Waals surface area contributed by atoms with E-state index in [1.807, 2.05) is 11.5 Å². The summed E-state index contributed by atoms with van der Waals surface area (Å²) in [4.78, 5) is 13.7. The molecule has 2 aliphatic rings. The van der Waals surface area contributed by atoms with Gasteiger partial charge in [0.25, 0.3) is 0 Å². The van der Waals surface area contributed by atoms with Crippen molar-refractivity contribution in [3.05, 3.63) is 35.8 Å². The molecule has 2 fully saturated rings. The number of rotatable bonds is 8. The second-order valence-corrected chi connectivity index (χ2v) is 9.44. The van der Waals surface area contributed by atoms with Gasteiger partial charge in [-0.2, -0.15) is 4.98 Å². The highest BCUT2D eigenvalue weighted by Crippen LogP contribution is 2.33. The van der Waals surface area contributed by atoms with Gasteiger partial charge in [-0.3, -0.25) is 4.57 Å². The summed E-state index contributed by atoms with van der Waals surface area (Å²) in [5, 5.41) is 6.19. The molecule has 2 N–H and O–H groups in total. The summed E-state index contributed by atoms with van der Waals surface area (Å²) in [6.45, 7) is 4.68. The molecule has 1 aliphatic carbocycles. The fourth-order valence-electron chi connectivity index (χ4n) is 5.05. The molecule has 0 radical (unpaired) electrons. The minimum Gasteiger partial charge on any atom is -0.381 e. The molecule has 1 aliphatic heterocycles. The largest absolute Gasteiger partial charge is 0.381 e. The fourth-order valence-corrected chi connectivity index (χ4v) is 5.05. The molecule has 3 aromatic rings.